The normalized spacial score (nSPS) is 30.7. The molecule has 0 aliphatic carbocycles. The zero-order chi connectivity index (χ0) is 19.2. The van der Waals surface area contributed by atoms with E-state index in [-0.39, 0.29) is 28.7 Å². The summed E-state index contributed by atoms with van der Waals surface area (Å²) in [7, 11) is -1.59. The minimum absolute atomic E-state index is 0.0292. The summed E-state index contributed by atoms with van der Waals surface area (Å²) >= 11 is 7.60. The highest BCUT2D eigenvalue weighted by Gasteiger charge is 2.49. The lowest BCUT2D eigenvalue weighted by Crippen LogP contribution is -2.38. The van der Waals surface area contributed by atoms with E-state index in [0.29, 0.717) is 34.7 Å². The van der Waals surface area contributed by atoms with Crippen molar-refractivity contribution in [2.24, 2.45) is 4.99 Å². The van der Waals surface area contributed by atoms with E-state index < -0.39 is 15.9 Å². The van der Waals surface area contributed by atoms with Gasteiger partial charge in [0, 0.05) is 17.5 Å². The third-order valence-corrected chi connectivity index (χ3v) is 8.40. The van der Waals surface area contributed by atoms with Crippen LogP contribution in [0, 0.1) is 0 Å². The van der Waals surface area contributed by atoms with E-state index in [9.17, 15) is 13.2 Å². The van der Waals surface area contributed by atoms with Gasteiger partial charge >= 0.3 is 0 Å². The SMILES string of the molecule is COc1ccc(N2C(=NC(=O)[C@@H]3CCCO3)S[C@@H]3CS(=O)(=O)C[C@H]32)cc1Cl. The van der Waals surface area contributed by atoms with Crippen molar-refractivity contribution in [1.29, 1.82) is 0 Å². The van der Waals surface area contributed by atoms with Gasteiger partial charge in [0.05, 0.1) is 29.7 Å². The standard InChI is InChI=1S/C17H19ClN2O5S2/c1-24-13-5-4-10(7-11(13)18)20-12-8-27(22,23)9-15(12)26-17(20)19-16(21)14-3-2-6-25-14/h4-5,7,12,14-15H,2-3,6,8-9H2,1H3/t12-,14+,15-/m1/s1. The maximum atomic E-state index is 12.5. The van der Waals surface area contributed by atoms with E-state index >= 15 is 0 Å². The number of methoxy groups -OCH3 is 1. The molecule has 3 heterocycles. The van der Waals surface area contributed by atoms with Crippen LogP contribution in [0.5, 0.6) is 5.75 Å². The summed E-state index contributed by atoms with van der Waals surface area (Å²) in [6.07, 6.45) is 0.995. The molecule has 0 unspecified atom stereocenters. The number of anilines is 1. The Hall–Kier alpha value is -1.29. The lowest BCUT2D eigenvalue weighted by Gasteiger charge is -2.25. The Balaban J connectivity index is 1.70. The molecule has 3 atom stereocenters. The molecule has 3 aliphatic rings. The number of benzene rings is 1. The molecule has 4 rings (SSSR count). The maximum absolute atomic E-state index is 12.5. The molecule has 3 saturated heterocycles. The number of rotatable bonds is 3. The molecule has 146 valence electrons. The van der Waals surface area contributed by atoms with Crippen LogP contribution in [0.2, 0.25) is 5.02 Å². The van der Waals surface area contributed by atoms with Crippen LogP contribution >= 0.6 is 23.4 Å². The van der Waals surface area contributed by atoms with Crippen molar-refractivity contribution in [1.82, 2.24) is 0 Å². The molecule has 10 heteroatoms. The van der Waals surface area contributed by atoms with Crippen molar-refractivity contribution in [2.45, 2.75) is 30.2 Å². The van der Waals surface area contributed by atoms with Gasteiger partial charge in [-0.2, -0.15) is 4.99 Å². The maximum Gasteiger partial charge on any atom is 0.277 e. The first kappa shape index (κ1) is 19.0. The number of sulfone groups is 1. The molecule has 27 heavy (non-hydrogen) atoms. The first-order valence-corrected chi connectivity index (χ1v) is 11.7. The second-order valence-corrected chi connectivity index (χ2v) is 10.5. The third-order valence-electron chi connectivity index (χ3n) is 4.89. The summed E-state index contributed by atoms with van der Waals surface area (Å²) in [6.45, 7) is 0.565. The zero-order valence-corrected chi connectivity index (χ0v) is 17.0. The average Bonchev–Trinajstić information content (AvgIpc) is 3.29. The monoisotopic (exact) mass is 430 g/mol. The number of thioether (sulfide) groups is 1. The molecule has 0 bridgehead atoms. The van der Waals surface area contributed by atoms with Crippen LogP contribution in [0.4, 0.5) is 5.69 Å². The number of carbonyl (C=O) groups is 1. The molecular weight excluding hydrogens is 412 g/mol. The fraction of sp³-hybridized carbons (Fsp3) is 0.529. The molecule has 0 saturated carbocycles. The lowest BCUT2D eigenvalue weighted by molar-refractivity contribution is -0.126. The van der Waals surface area contributed by atoms with Gasteiger partial charge in [-0.3, -0.25) is 4.79 Å². The van der Waals surface area contributed by atoms with Crippen molar-refractivity contribution >= 4 is 50.0 Å². The Morgan fingerprint density at radius 1 is 1.41 bits per heavy atom. The topological polar surface area (TPSA) is 85.3 Å². The summed E-state index contributed by atoms with van der Waals surface area (Å²) in [5, 5.41) is 0.752. The Kier molecular flexibility index (Phi) is 5.13. The minimum Gasteiger partial charge on any atom is -0.495 e. The first-order valence-electron chi connectivity index (χ1n) is 8.62. The number of hydrogen-bond donors (Lipinski definition) is 0. The van der Waals surface area contributed by atoms with E-state index in [0.717, 1.165) is 6.42 Å². The van der Waals surface area contributed by atoms with Crippen LogP contribution in [0.1, 0.15) is 12.8 Å². The number of carbonyl (C=O) groups excluding carboxylic acids is 1. The third kappa shape index (κ3) is 3.70. The Morgan fingerprint density at radius 3 is 2.89 bits per heavy atom. The summed E-state index contributed by atoms with van der Waals surface area (Å²) in [4.78, 5) is 18.6. The van der Waals surface area contributed by atoms with Gasteiger partial charge in [-0.05, 0) is 31.0 Å². The van der Waals surface area contributed by atoms with Gasteiger partial charge in [0.15, 0.2) is 15.0 Å². The second kappa shape index (κ2) is 7.27. The predicted octanol–water partition coefficient (Wildman–Crippen LogP) is 2.13. The fourth-order valence-electron chi connectivity index (χ4n) is 3.61. The van der Waals surface area contributed by atoms with E-state index in [4.69, 9.17) is 21.1 Å². The van der Waals surface area contributed by atoms with Crippen LogP contribution in [0.25, 0.3) is 0 Å². The van der Waals surface area contributed by atoms with E-state index in [1.54, 1.807) is 18.2 Å². The fourth-order valence-corrected chi connectivity index (χ4v) is 7.78. The van der Waals surface area contributed by atoms with Crippen LogP contribution in [-0.4, -0.2) is 62.1 Å². The first-order chi connectivity index (χ1) is 12.9. The average molecular weight is 431 g/mol. The number of nitrogens with zero attached hydrogens (tertiary/aromatic N) is 2. The summed E-state index contributed by atoms with van der Waals surface area (Å²) in [5.41, 5.74) is 0.691. The second-order valence-electron chi connectivity index (χ2n) is 6.72. The highest BCUT2D eigenvalue weighted by Crippen LogP contribution is 2.42. The number of amidine groups is 1. The Morgan fingerprint density at radius 2 is 2.22 bits per heavy atom. The molecule has 0 aromatic heterocycles. The predicted molar refractivity (Wildman–Crippen MR) is 106 cm³/mol. The molecule has 3 aliphatic heterocycles. The molecule has 1 amide bonds. The Labute approximate surface area is 167 Å². The minimum atomic E-state index is -3.12. The highest BCUT2D eigenvalue weighted by molar-refractivity contribution is 8.16. The largest absolute Gasteiger partial charge is 0.495 e. The summed E-state index contributed by atoms with van der Waals surface area (Å²) < 4.78 is 34.8. The quantitative estimate of drug-likeness (QED) is 0.726. The Bertz CT molecular complexity index is 899. The summed E-state index contributed by atoms with van der Waals surface area (Å²) in [6, 6.07) is 4.95. The van der Waals surface area contributed by atoms with Crippen molar-refractivity contribution in [2.75, 3.05) is 30.1 Å². The number of amides is 1. The van der Waals surface area contributed by atoms with Gasteiger partial charge in [-0.15, -0.1) is 0 Å². The highest BCUT2D eigenvalue weighted by atomic mass is 35.5. The van der Waals surface area contributed by atoms with Gasteiger partial charge in [0.25, 0.3) is 5.91 Å². The molecule has 7 nitrogen and oxygen atoms in total. The number of fused-ring (bicyclic) bond motifs is 1. The van der Waals surface area contributed by atoms with Gasteiger partial charge in [-0.25, -0.2) is 8.42 Å². The lowest BCUT2D eigenvalue weighted by atomic mass is 10.2. The van der Waals surface area contributed by atoms with E-state index in [2.05, 4.69) is 4.99 Å². The molecule has 1 aromatic carbocycles. The number of halogens is 1. The number of aliphatic imine (C=N–C) groups is 1. The molecule has 0 N–H and O–H groups in total. The molecule has 1 aromatic rings. The van der Waals surface area contributed by atoms with Crippen molar-refractivity contribution in [3.8, 4) is 5.75 Å². The summed E-state index contributed by atoms with van der Waals surface area (Å²) in [5.74, 6) is 0.316. The van der Waals surface area contributed by atoms with Crippen molar-refractivity contribution in [3.05, 3.63) is 23.2 Å². The molecule has 3 fully saturated rings. The van der Waals surface area contributed by atoms with Crippen LogP contribution < -0.4 is 9.64 Å². The van der Waals surface area contributed by atoms with Crippen LogP contribution in [0.15, 0.2) is 23.2 Å². The van der Waals surface area contributed by atoms with Gasteiger partial charge < -0.3 is 14.4 Å². The van der Waals surface area contributed by atoms with Gasteiger partial charge in [-0.1, -0.05) is 23.4 Å². The smallest absolute Gasteiger partial charge is 0.277 e. The molecule has 0 spiro atoms. The van der Waals surface area contributed by atoms with Gasteiger partial charge in [0.1, 0.15) is 11.9 Å². The van der Waals surface area contributed by atoms with E-state index in [1.165, 1.54) is 18.9 Å². The zero-order valence-electron chi connectivity index (χ0n) is 14.6. The number of ether oxygens (including phenoxy) is 2. The molecule has 0 radical (unpaired) electrons. The molecular formula is C17H19ClN2O5S2. The van der Waals surface area contributed by atoms with Crippen molar-refractivity contribution < 1.29 is 22.7 Å². The van der Waals surface area contributed by atoms with E-state index in [1.807, 2.05) is 4.90 Å². The number of hydrogen-bond acceptors (Lipinski definition) is 6. The van der Waals surface area contributed by atoms with Crippen LogP contribution in [-0.2, 0) is 19.4 Å². The van der Waals surface area contributed by atoms with Gasteiger partial charge in [0.2, 0.25) is 0 Å². The van der Waals surface area contributed by atoms with Crippen LogP contribution in [0.3, 0.4) is 0 Å². The van der Waals surface area contributed by atoms with Crippen molar-refractivity contribution in [3.63, 3.8) is 0 Å².